The fraction of sp³-hybridized carbons (Fsp3) is 0.583. The van der Waals surface area contributed by atoms with Gasteiger partial charge in [0.15, 0.2) is 0 Å². The summed E-state index contributed by atoms with van der Waals surface area (Å²) in [4.78, 5) is 14.7. The number of carbonyl (C=O) groups excluding carboxylic acids is 1. The average molecular weight is 273 g/mol. The number of hydrogen-bond acceptors (Lipinski definition) is 3. The molecule has 5 heteroatoms. The zero-order valence-electron chi connectivity index (χ0n) is 9.91. The molecule has 1 aliphatic heterocycles. The molecule has 0 spiro atoms. The Balaban J connectivity index is 1.77. The van der Waals surface area contributed by atoms with Crippen molar-refractivity contribution in [3.63, 3.8) is 0 Å². The number of rotatable bonds is 3. The van der Waals surface area contributed by atoms with Crippen LogP contribution in [0.3, 0.4) is 0 Å². The number of likely N-dealkylation sites (tertiary alicyclic amines) is 1. The molecule has 0 radical (unpaired) electrons. The second-order valence-electron chi connectivity index (χ2n) is 4.46. The molecular formula is C12H17ClN2OS. The highest BCUT2D eigenvalue weighted by Gasteiger charge is 2.19. The number of nitrogens with zero attached hydrogens (tertiary/aromatic N) is 1. The van der Waals surface area contributed by atoms with Crippen LogP contribution in [0.1, 0.15) is 24.6 Å². The van der Waals surface area contributed by atoms with E-state index >= 15 is 0 Å². The van der Waals surface area contributed by atoms with Crippen molar-refractivity contribution in [2.45, 2.75) is 32.4 Å². The van der Waals surface area contributed by atoms with Crippen LogP contribution >= 0.6 is 22.9 Å². The van der Waals surface area contributed by atoms with Gasteiger partial charge in [0.1, 0.15) is 0 Å². The first-order valence-corrected chi connectivity index (χ1v) is 7.06. The van der Waals surface area contributed by atoms with Crippen LogP contribution in [0.5, 0.6) is 0 Å². The third kappa shape index (κ3) is 3.98. The van der Waals surface area contributed by atoms with Gasteiger partial charge in [0.2, 0.25) is 5.91 Å². The SMILES string of the molecule is CC(=O)NC1CCN(Cc2ccc(Cl)s2)CC1. The zero-order valence-corrected chi connectivity index (χ0v) is 11.5. The minimum absolute atomic E-state index is 0.0773. The molecule has 1 saturated heterocycles. The van der Waals surface area contributed by atoms with Crippen molar-refractivity contribution in [1.82, 2.24) is 10.2 Å². The molecule has 1 amide bonds. The lowest BCUT2D eigenvalue weighted by molar-refractivity contribution is -0.119. The van der Waals surface area contributed by atoms with E-state index < -0.39 is 0 Å². The van der Waals surface area contributed by atoms with Crippen LogP contribution in [0.15, 0.2) is 12.1 Å². The Morgan fingerprint density at radius 2 is 2.24 bits per heavy atom. The number of thiophene rings is 1. The van der Waals surface area contributed by atoms with E-state index in [9.17, 15) is 4.79 Å². The molecule has 0 bridgehead atoms. The molecule has 1 N–H and O–H groups in total. The number of carbonyl (C=O) groups is 1. The summed E-state index contributed by atoms with van der Waals surface area (Å²) in [5, 5.41) is 2.99. The second kappa shape index (κ2) is 5.85. The highest BCUT2D eigenvalue weighted by Crippen LogP contribution is 2.23. The van der Waals surface area contributed by atoms with Gasteiger partial charge in [-0.1, -0.05) is 11.6 Å². The van der Waals surface area contributed by atoms with Gasteiger partial charge in [-0.2, -0.15) is 0 Å². The van der Waals surface area contributed by atoms with Crippen LogP contribution in [0, 0.1) is 0 Å². The number of amides is 1. The topological polar surface area (TPSA) is 32.3 Å². The van der Waals surface area contributed by atoms with Crippen LogP contribution in [0.2, 0.25) is 4.34 Å². The van der Waals surface area contributed by atoms with E-state index in [4.69, 9.17) is 11.6 Å². The van der Waals surface area contributed by atoms with Gasteiger partial charge in [0.25, 0.3) is 0 Å². The van der Waals surface area contributed by atoms with E-state index in [1.54, 1.807) is 18.3 Å². The lowest BCUT2D eigenvalue weighted by Gasteiger charge is -2.31. The monoisotopic (exact) mass is 272 g/mol. The maximum absolute atomic E-state index is 10.9. The molecule has 0 unspecified atom stereocenters. The van der Waals surface area contributed by atoms with E-state index in [0.717, 1.165) is 36.8 Å². The molecule has 0 saturated carbocycles. The summed E-state index contributed by atoms with van der Waals surface area (Å²) in [6, 6.07) is 4.40. The third-order valence-electron chi connectivity index (χ3n) is 3.00. The molecule has 1 fully saturated rings. The Hall–Kier alpha value is -0.580. The van der Waals surface area contributed by atoms with E-state index in [1.807, 2.05) is 6.07 Å². The van der Waals surface area contributed by atoms with E-state index in [2.05, 4.69) is 16.3 Å². The highest BCUT2D eigenvalue weighted by atomic mass is 35.5. The van der Waals surface area contributed by atoms with Crippen molar-refractivity contribution in [2.75, 3.05) is 13.1 Å². The normalized spacial score (nSPS) is 18.2. The molecule has 0 aromatic carbocycles. The lowest BCUT2D eigenvalue weighted by Crippen LogP contribution is -2.43. The fourth-order valence-electron chi connectivity index (χ4n) is 2.18. The molecule has 1 aromatic heterocycles. The molecular weight excluding hydrogens is 256 g/mol. The molecule has 17 heavy (non-hydrogen) atoms. The molecule has 2 heterocycles. The summed E-state index contributed by atoms with van der Waals surface area (Å²) < 4.78 is 0.855. The van der Waals surface area contributed by atoms with Crippen LogP contribution in [0.25, 0.3) is 0 Å². The molecule has 94 valence electrons. The third-order valence-corrected chi connectivity index (χ3v) is 4.22. The van der Waals surface area contributed by atoms with E-state index in [0.29, 0.717) is 6.04 Å². The van der Waals surface area contributed by atoms with Gasteiger partial charge >= 0.3 is 0 Å². The van der Waals surface area contributed by atoms with Crippen molar-refractivity contribution < 1.29 is 4.79 Å². The average Bonchev–Trinajstić information content (AvgIpc) is 2.66. The molecule has 0 atom stereocenters. The minimum atomic E-state index is 0.0773. The predicted octanol–water partition coefficient (Wildman–Crippen LogP) is 2.50. The second-order valence-corrected chi connectivity index (χ2v) is 6.26. The maximum Gasteiger partial charge on any atom is 0.217 e. The molecule has 0 aliphatic carbocycles. The highest BCUT2D eigenvalue weighted by molar-refractivity contribution is 7.16. The lowest BCUT2D eigenvalue weighted by atomic mass is 10.1. The summed E-state index contributed by atoms with van der Waals surface area (Å²) in [5.74, 6) is 0.0773. The van der Waals surface area contributed by atoms with Crippen LogP contribution in [0.4, 0.5) is 0 Å². The van der Waals surface area contributed by atoms with Gasteiger partial charge in [-0.3, -0.25) is 9.69 Å². The molecule has 1 aromatic rings. The van der Waals surface area contributed by atoms with Crippen LogP contribution in [-0.4, -0.2) is 29.9 Å². The van der Waals surface area contributed by atoms with Crippen LogP contribution < -0.4 is 5.32 Å². The first-order chi connectivity index (χ1) is 8.13. The summed E-state index contributed by atoms with van der Waals surface area (Å²) in [5.41, 5.74) is 0. The summed E-state index contributed by atoms with van der Waals surface area (Å²) in [6.07, 6.45) is 2.08. The Morgan fingerprint density at radius 1 is 1.53 bits per heavy atom. The zero-order chi connectivity index (χ0) is 12.3. The maximum atomic E-state index is 10.9. The standard InChI is InChI=1S/C12H17ClN2OS/c1-9(16)14-10-4-6-15(7-5-10)8-11-2-3-12(13)17-11/h2-3,10H,4-8H2,1H3,(H,14,16). The van der Waals surface area contributed by atoms with Crippen molar-refractivity contribution in [3.8, 4) is 0 Å². The summed E-state index contributed by atoms with van der Waals surface area (Å²) in [7, 11) is 0. The van der Waals surface area contributed by atoms with Crippen molar-refractivity contribution in [2.24, 2.45) is 0 Å². The number of piperidine rings is 1. The van der Waals surface area contributed by atoms with Gasteiger partial charge in [-0.15, -0.1) is 11.3 Å². The Morgan fingerprint density at radius 3 is 2.76 bits per heavy atom. The number of halogens is 1. The summed E-state index contributed by atoms with van der Waals surface area (Å²) in [6.45, 7) is 4.64. The molecule has 3 nitrogen and oxygen atoms in total. The summed E-state index contributed by atoms with van der Waals surface area (Å²) >= 11 is 7.56. The smallest absolute Gasteiger partial charge is 0.217 e. The largest absolute Gasteiger partial charge is 0.354 e. The molecule has 1 aliphatic rings. The predicted molar refractivity (Wildman–Crippen MR) is 71.4 cm³/mol. The van der Waals surface area contributed by atoms with Gasteiger partial charge in [-0.05, 0) is 25.0 Å². The first kappa shape index (κ1) is 12.9. The fourth-order valence-corrected chi connectivity index (χ4v) is 3.31. The van der Waals surface area contributed by atoms with Gasteiger partial charge < -0.3 is 5.32 Å². The van der Waals surface area contributed by atoms with E-state index in [-0.39, 0.29) is 5.91 Å². The van der Waals surface area contributed by atoms with Crippen LogP contribution in [-0.2, 0) is 11.3 Å². The van der Waals surface area contributed by atoms with Gasteiger partial charge in [-0.25, -0.2) is 0 Å². The number of nitrogens with one attached hydrogen (secondary N) is 1. The van der Waals surface area contributed by atoms with Crippen molar-refractivity contribution in [3.05, 3.63) is 21.3 Å². The van der Waals surface area contributed by atoms with Gasteiger partial charge in [0, 0.05) is 37.5 Å². The minimum Gasteiger partial charge on any atom is -0.354 e. The number of hydrogen-bond donors (Lipinski definition) is 1. The first-order valence-electron chi connectivity index (χ1n) is 5.87. The Bertz CT molecular complexity index is 386. The van der Waals surface area contributed by atoms with Crippen molar-refractivity contribution in [1.29, 1.82) is 0 Å². The van der Waals surface area contributed by atoms with E-state index in [1.165, 1.54) is 4.88 Å². The quantitative estimate of drug-likeness (QED) is 0.917. The van der Waals surface area contributed by atoms with Gasteiger partial charge in [0.05, 0.1) is 4.34 Å². The Labute approximate surface area is 111 Å². The van der Waals surface area contributed by atoms with Crippen molar-refractivity contribution >= 4 is 28.8 Å². The Kier molecular flexibility index (Phi) is 4.42. The molecule has 2 rings (SSSR count).